The molecule has 5 heteroatoms. The van der Waals surface area contributed by atoms with Crippen LogP contribution in [0.25, 0.3) is 0 Å². The minimum Gasteiger partial charge on any atom is -0.275 e. The molecule has 1 unspecified atom stereocenters. The van der Waals surface area contributed by atoms with Gasteiger partial charge in [0.2, 0.25) is 0 Å². The number of hydrazine groups is 1. The normalized spacial score (nSPS) is 12.7. The molecule has 0 saturated heterocycles. The minimum atomic E-state index is -0.300. The molecule has 1 heterocycles. The third-order valence-electron chi connectivity index (χ3n) is 2.73. The van der Waals surface area contributed by atoms with Crippen molar-refractivity contribution in [2.45, 2.75) is 13.0 Å². The van der Waals surface area contributed by atoms with Crippen molar-refractivity contribution in [1.82, 2.24) is 15.2 Å². The molecular formula is C12H15FN4. The Hall–Kier alpha value is -1.72. The van der Waals surface area contributed by atoms with E-state index in [1.807, 2.05) is 25.4 Å². The van der Waals surface area contributed by atoms with Crippen LogP contribution in [0.15, 0.2) is 30.5 Å². The van der Waals surface area contributed by atoms with Gasteiger partial charge in [-0.3, -0.25) is 10.5 Å². The van der Waals surface area contributed by atoms with Gasteiger partial charge in [0.05, 0.1) is 11.7 Å². The molecule has 1 atom stereocenters. The van der Waals surface area contributed by atoms with Crippen LogP contribution in [0.5, 0.6) is 0 Å². The van der Waals surface area contributed by atoms with Gasteiger partial charge in [0.15, 0.2) is 0 Å². The molecular weight excluding hydrogens is 219 g/mol. The van der Waals surface area contributed by atoms with E-state index < -0.39 is 0 Å². The fraction of sp³-hybridized carbons (Fsp3) is 0.250. The summed E-state index contributed by atoms with van der Waals surface area (Å²) in [4.78, 5) is 0. The number of nitrogens with two attached hydrogens (primary N) is 1. The zero-order valence-electron chi connectivity index (χ0n) is 9.81. The Morgan fingerprint density at radius 1 is 1.41 bits per heavy atom. The lowest BCUT2D eigenvalue weighted by atomic mass is 10.0. The molecule has 0 spiro atoms. The molecule has 2 aromatic rings. The van der Waals surface area contributed by atoms with Crippen molar-refractivity contribution in [3.05, 3.63) is 53.1 Å². The summed E-state index contributed by atoms with van der Waals surface area (Å²) >= 11 is 0. The predicted molar refractivity (Wildman–Crippen MR) is 63.5 cm³/mol. The van der Waals surface area contributed by atoms with Crippen LogP contribution in [0.4, 0.5) is 4.39 Å². The van der Waals surface area contributed by atoms with E-state index in [0.717, 1.165) is 11.3 Å². The lowest BCUT2D eigenvalue weighted by molar-refractivity contribution is 0.585. The van der Waals surface area contributed by atoms with E-state index in [-0.39, 0.29) is 11.9 Å². The van der Waals surface area contributed by atoms with Crippen molar-refractivity contribution >= 4 is 0 Å². The van der Waals surface area contributed by atoms with Crippen molar-refractivity contribution in [3.63, 3.8) is 0 Å². The number of halogens is 1. The molecule has 90 valence electrons. The highest BCUT2D eigenvalue weighted by atomic mass is 19.1. The molecule has 0 radical (unpaired) electrons. The number of benzene rings is 1. The highest BCUT2D eigenvalue weighted by Crippen LogP contribution is 2.21. The van der Waals surface area contributed by atoms with Gasteiger partial charge in [-0.2, -0.15) is 5.10 Å². The highest BCUT2D eigenvalue weighted by Gasteiger charge is 2.15. The van der Waals surface area contributed by atoms with E-state index in [0.29, 0.717) is 5.56 Å². The fourth-order valence-electron chi connectivity index (χ4n) is 1.73. The third-order valence-corrected chi connectivity index (χ3v) is 2.73. The van der Waals surface area contributed by atoms with E-state index in [9.17, 15) is 4.39 Å². The molecule has 1 aromatic carbocycles. The van der Waals surface area contributed by atoms with Gasteiger partial charge in [-0.15, -0.1) is 0 Å². The maximum atomic E-state index is 13.5. The molecule has 0 aliphatic heterocycles. The van der Waals surface area contributed by atoms with Gasteiger partial charge in [0, 0.05) is 13.2 Å². The van der Waals surface area contributed by atoms with Gasteiger partial charge in [0.1, 0.15) is 5.82 Å². The summed E-state index contributed by atoms with van der Waals surface area (Å²) in [5.74, 6) is 5.28. The maximum absolute atomic E-state index is 13.5. The largest absolute Gasteiger partial charge is 0.275 e. The standard InChI is InChI=1S/C12H15FN4/c1-8-3-4-9(7-10(8)13)12(15-14)11-5-6-17(2)16-11/h3-7,12,15H,14H2,1-2H3. The fourth-order valence-corrected chi connectivity index (χ4v) is 1.73. The van der Waals surface area contributed by atoms with Crippen molar-refractivity contribution in [2.75, 3.05) is 0 Å². The molecule has 2 rings (SSSR count). The third kappa shape index (κ3) is 2.35. The minimum absolute atomic E-state index is 0.237. The monoisotopic (exact) mass is 234 g/mol. The lowest BCUT2D eigenvalue weighted by Crippen LogP contribution is -2.29. The number of hydrogen-bond donors (Lipinski definition) is 2. The Labute approximate surface area is 99.2 Å². The van der Waals surface area contributed by atoms with Crippen LogP contribution in [0, 0.1) is 12.7 Å². The topological polar surface area (TPSA) is 55.9 Å². The van der Waals surface area contributed by atoms with Crippen molar-refractivity contribution in [2.24, 2.45) is 12.9 Å². The molecule has 0 aliphatic rings. The lowest BCUT2D eigenvalue weighted by Gasteiger charge is -2.14. The zero-order chi connectivity index (χ0) is 12.4. The molecule has 4 nitrogen and oxygen atoms in total. The van der Waals surface area contributed by atoms with Gasteiger partial charge in [-0.05, 0) is 30.2 Å². The van der Waals surface area contributed by atoms with E-state index in [2.05, 4.69) is 10.5 Å². The first-order valence-electron chi connectivity index (χ1n) is 5.33. The van der Waals surface area contributed by atoms with E-state index >= 15 is 0 Å². The Balaban J connectivity index is 2.38. The quantitative estimate of drug-likeness (QED) is 0.624. The summed E-state index contributed by atoms with van der Waals surface area (Å²) in [6.07, 6.45) is 1.82. The van der Waals surface area contributed by atoms with Crippen LogP contribution in [-0.4, -0.2) is 9.78 Å². The van der Waals surface area contributed by atoms with Crippen LogP contribution in [0.2, 0.25) is 0 Å². The summed E-state index contributed by atoms with van der Waals surface area (Å²) in [5.41, 5.74) is 4.79. The second kappa shape index (κ2) is 4.65. The van der Waals surface area contributed by atoms with Crippen LogP contribution < -0.4 is 11.3 Å². The Kier molecular flexibility index (Phi) is 3.21. The molecule has 0 aliphatic carbocycles. The number of nitrogens with one attached hydrogen (secondary N) is 1. The van der Waals surface area contributed by atoms with E-state index in [1.54, 1.807) is 17.7 Å². The molecule has 0 fully saturated rings. The molecule has 1 aromatic heterocycles. The van der Waals surface area contributed by atoms with E-state index in [4.69, 9.17) is 5.84 Å². The number of aryl methyl sites for hydroxylation is 2. The van der Waals surface area contributed by atoms with Gasteiger partial charge in [-0.1, -0.05) is 12.1 Å². The molecule has 3 N–H and O–H groups in total. The average Bonchev–Trinajstić information content (AvgIpc) is 2.71. The summed E-state index contributed by atoms with van der Waals surface area (Å²) in [7, 11) is 1.83. The average molecular weight is 234 g/mol. The van der Waals surface area contributed by atoms with Crippen LogP contribution in [0.1, 0.15) is 22.9 Å². The first kappa shape index (κ1) is 11.8. The van der Waals surface area contributed by atoms with Crippen molar-refractivity contribution in [3.8, 4) is 0 Å². The number of aromatic nitrogens is 2. The Morgan fingerprint density at radius 2 is 2.18 bits per heavy atom. The summed E-state index contributed by atoms with van der Waals surface area (Å²) in [6, 6.07) is 6.61. The zero-order valence-corrected chi connectivity index (χ0v) is 9.81. The number of nitrogens with zero attached hydrogens (tertiary/aromatic N) is 2. The van der Waals surface area contributed by atoms with Crippen LogP contribution >= 0.6 is 0 Å². The van der Waals surface area contributed by atoms with Gasteiger partial charge in [0.25, 0.3) is 0 Å². The summed E-state index contributed by atoms with van der Waals surface area (Å²) in [5, 5.41) is 4.26. The molecule has 0 bridgehead atoms. The first-order valence-corrected chi connectivity index (χ1v) is 5.33. The van der Waals surface area contributed by atoms with E-state index in [1.165, 1.54) is 6.07 Å². The summed E-state index contributed by atoms with van der Waals surface area (Å²) < 4.78 is 15.2. The SMILES string of the molecule is Cc1ccc(C(NN)c2ccn(C)n2)cc1F. The highest BCUT2D eigenvalue weighted by molar-refractivity contribution is 5.30. The number of rotatable bonds is 3. The Bertz CT molecular complexity index is 521. The first-order chi connectivity index (χ1) is 8.11. The van der Waals surface area contributed by atoms with Gasteiger partial charge < -0.3 is 0 Å². The van der Waals surface area contributed by atoms with Crippen molar-refractivity contribution in [1.29, 1.82) is 0 Å². The van der Waals surface area contributed by atoms with Crippen LogP contribution in [0.3, 0.4) is 0 Å². The Morgan fingerprint density at radius 3 is 2.71 bits per heavy atom. The van der Waals surface area contributed by atoms with Crippen molar-refractivity contribution < 1.29 is 4.39 Å². The molecule has 0 saturated carbocycles. The molecule has 17 heavy (non-hydrogen) atoms. The smallest absolute Gasteiger partial charge is 0.126 e. The number of hydrogen-bond acceptors (Lipinski definition) is 3. The summed E-state index contributed by atoms with van der Waals surface area (Å²) in [6.45, 7) is 1.73. The maximum Gasteiger partial charge on any atom is 0.126 e. The van der Waals surface area contributed by atoms with Gasteiger partial charge in [-0.25, -0.2) is 9.82 Å². The second-order valence-corrected chi connectivity index (χ2v) is 4.02. The van der Waals surface area contributed by atoms with Crippen LogP contribution in [-0.2, 0) is 7.05 Å². The van der Waals surface area contributed by atoms with Gasteiger partial charge >= 0.3 is 0 Å². The molecule has 0 amide bonds. The second-order valence-electron chi connectivity index (χ2n) is 4.02. The predicted octanol–water partition coefficient (Wildman–Crippen LogP) is 1.42.